The molecule has 11 aromatic rings. The van der Waals surface area contributed by atoms with Crippen LogP contribution in [-0.2, 0) is 0 Å². The SMILES string of the molecule is c1ccc2c(-c3ccc(N(c4ccc5ccc6ccccc6c5c4)c4cccc5c4oc4ccccc45)c4c3oc3ccccc34)cccc2c1. The van der Waals surface area contributed by atoms with Crippen LogP contribution >= 0.6 is 0 Å². The van der Waals surface area contributed by atoms with Crippen LogP contribution < -0.4 is 4.90 Å². The van der Waals surface area contributed by atoms with Crippen molar-refractivity contribution in [1.82, 2.24) is 0 Å². The quantitative estimate of drug-likeness (QED) is 0.177. The van der Waals surface area contributed by atoms with E-state index in [1.807, 2.05) is 18.2 Å². The van der Waals surface area contributed by atoms with Crippen molar-refractivity contribution in [3.8, 4) is 11.1 Å². The van der Waals surface area contributed by atoms with Crippen LogP contribution in [0.2, 0.25) is 0 Å². The fraction of sp³-hybridized carbons (Fsp3) is 0. The van der Waals surface area contributed by atoms with E-state index in [1.165, 1.54) is 32.3 Å². The Morgan fingerprint density at radius 2 is 0.922 bits per heavy atom. The lowest BCUT2D eigenvalue weighted by molar-refractivity contribution is 0.668. The first kappa shape index (κ1) is 28.0. The van der Waals surface area contributed by atoms with Crippen molar-refractivity contribution in [1.29, 1.82) is 0 Å². The van der Waals surface area contributed by atoms with Gasteiger partial charge in [-0.15, -0.1) is 0 Å². The highest BCUT2D eigenvalue weighted by atomic mass is 16.3. The van der Waals surface area contributed by atoms with E-state index >= 15 is 0 Å². The molecule has 0 aliphatic rings. The third kappa shape index (κ3) is 4.19. The minimum absolute atomic E-state index is 0.843. The molecule has 0 fully saturated rings. The molecule has 51 heavy (non-hydrogen) atoms. The van der Waals surface area contributed by atoms with E-state index in [-0.39, 0.29) is 0 Å². The van der Waals surface area contributed by atoms with E-state index in [0.717, 1.165) is 72.1 Å². The van der Waals surface area contributed by atoms with Gasteiger partial charge >= 0.3 is 0 Å². The van der Waals surface area contributed by atoms with Crippen molar-refractivity contribution in [3.63, 3.8) is 0 Å². The molecule has 11 rings (SSSR count). The van der Waals surface area contributed by atoms with Crippen LogP contribution in [-0.4, -0.2) is 0 Å². The topological polar surface area (TPSA) is 29.5 Å². The average molecular weight is 652 g/mol. The third-order valence-corrected chi connectivity index (χ3v) is 10.4. The number of hydrogen-bond acceptors (Lipinski definition) is 3. The molecule has 0 aliphatic heterocycles. The highest BCUT2D eigenvalue weighted by Crippen LogP contribution is 2.49. The summed E-state index contributed by atoms with van der Waals surface area (Å²) in [6.45, 7) is 0. The zero-order valence-corrected chi connectivity index (χ0v) is 27.5. The molecule has 0 aliphatic carbocycles. The molecule has 0 unspecified atom stereocenters. The number of rotatable bonds is 4. The van der Waals surface area contributed by atoms with E-state index in [1.54, 1.807) is 0 Å². The van der Waals surface area contributed by atoms with Crippen LogP contribution in [0.25, 0.3) is 87.3 Å². The molecule has 0 spiro atoms. The molecule has 0 atom stereocenters. The average Bonchev–Trinajstić information content (AvgIpc) is 3.78. The lowest BCUT2D eigenvalue weighted by Gasteiger charge is -2.27. The van der Waals surface area contributed by atoms with Crippen LogP contribution in [0.5, 0.6) is 0 Å². The fourth-order valence-corrected chi connectivity index (χ4v) is 8.11. The molecule has 0 saturated carbocycles. The summed E-state index contributed by atoms with van der Waals surface area (Å²) in [5.41, 5.74) is 8.66. The summed E-state index contributed by atoms with van der Waals surface area (Å²) in [6.07, 6.45) is 0. The number of anilines is 3. The van der Waals surface area contributed by atoms with Gasteiger partial charge in [-0.1, -0.05) is 133 Å². The van der Waals surface area contributed by atoms with Crippen molar-refractivity contribution >= 4 is 93.3 Å². The second-order valence-electron chi connectivity index (χ2n) is 13.2. The summed E-state index contributed by atoms with van der Waals surface area (Å²) in [4.78, 5) is 2.36. The molecule has 0 bridgehead atoms. The Bertz CT molecular complexity index is 3160. The molecule has 0 amide bonds. The van der Waals surface area contributed by atoms with Crippen LogP contribution in [0.15, 0.2) is 185 Å². The van der Waals surface area contributed by atoms with Crippen molar-refractivity contribution < 1.29 is 8.83 Å². The van der Waals surface area contributed by atoms with Crippen molar-refractivity contribution in [2.24, 2.45) is 0 Å². The van der Waals surface area contributed by atoms with Crippen molar-refractivity contribution in [2.45, 2.75) is 0 Å². The third-order valence-electron chi connectivity index (χ3n) is 10.4. The molecule has 9 aromatic carbocycles. The minimum Gasteiger partial charge on any atom is -0.455 e. The van der Waals surface area contributed by atoms with Gasteiger partial charge in [0.25, 0.3) is 0 Å². The van der Waals surface area contributed by atoms with Crippen LogP contribution in [0.3, 0.4) is 0 Å². The number of furan rings is 2. The smallest absolute Gasteiger partial charge is 0.159 e. The Morgan fingerprint density at radius 3 is 1.76 bits per heavy atom. The molecule has 238 valence electrons. The first-order valence-electron chi connectivity index (χ1n) is 17.3. The Hall–Kier alpha value is -6.84. The van der Waals surface area contributed by atoms with Crippen LogP contribution in [0, 0.1) is 0 Å². The first-order chi connectivity index (χ1) is 25.3. The van der Waals surface area contributed by atoms with E-state index in [9.17, 15) is 0 Å². The largest absolute Gasteiger partial charge is 0.455 e. The molecule has 0 radical (unpaired) electrons. The predicted molar refractivity (Wildman–Crippen MR) is 214 cm³/mol. The van der Waals surface area contributed by atoms with Gasteiger partial charge in [-0.2, -0.15) is 0 Å². The lowest BCUT2D eigenvalue weighted by atomic mass is 9.95. The maximum absolute atomic E-state index is 6.86. The summed E-state index contributed by atoms with van der Waals surface area (Å²) in [7, 11) is 0. The number of para-hydroxylation sites is 3. The second kappa shape index (κ2) is 10.8. The van der Waals surface area contributed by atoms with E-state index in [4.69, 9.17) is 8.83 Å². The molecular formula is C48H29NO2. The van der Waals surface area contributed by atoms with E-state index in [0.29, 0.717) is 0 Å². The van der Waals surface area contributed by atoms with Gasteiger partial charge < -0.3 is 13.7 Å². The Labute approximate surface area is 293 Å². The Balaban J connectivity index is 1.27. The Morgan fingerprint density at radius 1 is 0.333 bits per heavy atom. The summed E-state index contributed by atoms with van der Waals surface area (Å²) >= 11 is 0. The second-order valence-corrected chi connectivity index (χ2v) is 13.2. The number of fused-ring (bicyclic) bond motifs is 10. The maximum Gasteiger partial charge on any atom is 0.159 e. The van der Waals surface area contributed by atoms with Gasteiger partial charge in [0, 0.05) is 27.4 Å². The van der Waals surface area contributed by atoms with Gasteiger partial charge in [-0.05, 0) is 80.3 Å². The summed E-state index contributed by atoms with van der Waals surface area (Å²) in [6, 6.07) is 62.5. The molecule has 2 heterocycles. The van der Waals surface area contributed by atoms with Gasteiger partial charge in [-0.3, -0.25) is 0 Å². The predicted octanol–water partition coefficient (Wildman–Crippen LogP) is 14.1. The number of nitrogens with zero attached hydrogens (tertiary/aromatic N) is 1. The molecule has 2 aromatic heterocycles. The minimum atomic E-state index is 0.843. The van der Waals surface area contributed by atoms with Crippen molar-refractivity contribution in [2.75, 3.05) is 4.90 Å². The Kier molecular flexibility index (Phi) is 5.96. The number of benzene rings is 9. The van der Waals surface area contributed by atoms with Gasteiger partial charge in [0.1, 0.15) is 16.7 Å². The standard InChI is InChI=1S/C48H29NO2/c1-3-14-34-30(11-1)13-9-18-36(34)39-27-28-42(46-40-17-6-8-22-45(40)51-48(39)46)49(43-20-10-19-38-37-16-5-7-21-44(37)50-47(38)43)33-26-25-32-24-23-31-12-2-4-15-35(31)41(32)29-33/h1-29H. The van der Waals surface area contributed by atoms with Crippen LogP contribution in [0.1, 0.15) is 0 Å². The van der Waals surface area contributed by atoms with E-state index < -0.39 is 0 Å². The molecule has 0 saturated heterocycles. The summed E-state index contributed by atoms with van der Waals surface area (Å²) in [5.74, 6) is 0. The maximum atomic E-state index is 6.86. The zero-order valence-electron chi connectivity index (χ0n) is 27.5. The highest BCUT2D eigenvalue weighted by Gasteiger charge is 2.25. The van der Waals surface area contributed by atoms with Crippen LogP contribution in [0.4, 0.5) is 17.1 Å². The zero-order chi connectivity index (χ0) is 33.5. The fourth-order valence-electron chi connectivity index (χ4n) is 8.11. The molecule has 3 heteroatoms. The monoisotopic (exact) mass is 651 g/mol. The first-order valence-corrected chi connectivity index (χ1v) is 17.3. The molecule has 0 N–H and O–H groups in total. The lowest BCUT2D eigenvalue weighted by Crippen LogP contribution is -2.11. The summed E-state index contributed by atoms with van der Waals surface area (Å²) in [5, 5.41) is 11.5. The highest BCUT2D eigenvalue weighted by molar-refractivity contribution is 6.20. The summed E-state index contributed by atoms with van der Waals surface area (Å²) < 4.78 is 13.6. The van der Waals surface area contributed by atoms with Gasteiger partial charge in [0.2, 0.25) is 0 Å². The van der Waals surface area contributed by atoms with E-state index in [2.05, 4.69) is 163 Å². The van der Waals surface area contributed by atoms with Gasteiger partial charge in [0.15, 0.2) is 5.58 Å². The molecule has 3 nitrogen and oxygen atoms in total. The van der Waals surface area contributed by atoms with Crippen molar-refractivity contribution in [3.05, 3.63) is 176 Å². The molecular weight excluding hydrogens is 623 g/mol. The normalized spacial score (nSPS) is 11.9. The van der Waals surface area contributed by atoms with Gasteiger partial charge in [0.05, 0.1) is 16.8 Å². The van der Waals surface area contributed by atoms with Gasteiger partial charge in [-0.25, -0.2) is 0 Å². The number of hydrogen-bond donors (Lipinski definition) is 0.